The van der Waals surface area contributed by atoms with Gasteiger partial charge in [0.1, 0.15) is 11.9 Å². The van der Waals surface area contributed by atoms with E-state index in [1.807, 2.05) is 62.8 Å². The predicted octanol–water partition coefficient (Wildman–Crippen LogP) is 3.07. The molecule has 2 amide bonds. The van der Waals surface area contributed by atoms with Crippen LogP contribution >= 0.6 is 0 Å². The summed E-state index contributed by atoms with van der Waals surface area (Å²) in [6.07, 6.45) is 3.57. The number of carbonyl (C=O) groups is 1. The van der Waals surface area contributed by atoms with E-state index in [0.29, 0.717) is 24.8 Å². The highest BCUT2D eigenvalue weighted by Gasteiger charge is 2.21. The highest BCUT2D eigenvalue weighted by molar-refractivity contribution is 5.74. The van der Waals surface area contributed by atoms with Gasteiger partial charge in [-0.05, 0) is 26.8 Å². The van der Waals surface area contributed by atoms with Crippen molar-refractivity contribution >= 4 is 6.03 Å². The molecular weight excluding hydrogens is 344 g/mol. The maximum atomic E-state index is 12.6. The molecule has 1 unspecified atom stereocenters. The van der Waals surface area contributed by atoms with Crippen molar-refractivity contribution in [2.24, 2.45) is 7.05 Å². The highest BCUT2D eigenvalue weighted by atomic mass is 16.5. The molecule has 2 heterocycles. The molecule has 0 fully saturated rings. The molecule has 0 spiro atoms. The summed E-state index contributed by atoms with van der Waals surface area (Å²) in [5, 5.41) is 6.94. The summed E-state index contributed by atoms with van der Waals surface area (Å²) in [4.78, 5) is 23.0. The zero-order valence-corrected chi connectivity index (χ0v) is 16.0. The topological polar surface area (TPSA) is 89.1 Å². The lowest BCUT2D eigenvalue weighted by molar-refractivity contribution is 0.190. The average Bonchev–Trinajstić information content (AvgIpc) is 3.29. The molecule has 8 heteroatoms. The van der Waals surface area contributed by atoms with Crippen LogP contribution in [0.3, 0.4) is 0 Å². The zero-order valence-electron chi connectivity index (χ0n) is 16.0. The van der Waals surface area contributed by atoms with Gasteiger partial charge in [-0.3, -0.25) is 0 Å². The van der Waals surface area contributed by atoms with Crippen molar-refractivity contribution in [1.82, 2.24) is 29.9 Å². The lowest BCUT2D eigenvalue weighted by atomic mass is 10.1. The molecule has 27 heavy (non-hydrogen) atoms. The molecule has 0 saturated carbocycles. The van der Waals surface area contributed by atoms with Crippen LogP contribution in [0.2, 0.25) is 0 Å². The van der Waals surface area contributed by atoms with E-state index in [9.17, 15) is 4.79 Å². The molecular formula is C19H24N6O2. The lowest BCUT2D eigenvalue weighted by Crippen LogP contribution is -2.41. The number of hydrogen-bond donors (Lipinski definition) is 1. The number of carbonyl (C=O) groups excluding carboxylic acids is 1. The summed E-state index contributed by atoms with van der Waals surface area (Å²) in [5.74, 6) is 1.70. The molecule has 2 aromatic heterocycles. The molecule has 0 aliphatic carbocycles. The summed E-state index contributed by atoms with van der Waals surface area (Å²) in [6, 6.07) is 7.26. The fraction of sp³-hybridized carbons (Fsp3) is 0.368. The normalized spacial score (nSPS) is 12.0. The highest BCUT2D eigenvalue weighted by Crippen LogP contribution is 2.19. The second-order valence-electron chi connectivity index (χ2n) is 6.47. The number of amides is 2. The van der Waals surface area contributed by atoms with Gasteiger partial charge in [-0.15, -0.1) is 0 Å². The summed E-state index contributed by atoms with van der Waals surface area (Å²) in [5.41, 5.74) is 2.00. The number of imidazole rings is 1. The van der Waals surface area contributed by atoms with E-state index in [4.69, 9.17) is 4.52 Å². The number of aromatic nitrogens is 4. The van der Waals surface area contributed by atoms with Gasteiger partial charge in [0.15, 0.2) is 0 Å². The van der Waals surface area contributed by atoms with Crippen LogP contribution in [0.25, 0.3) is 11.4 Å². The number of nitrogens with zero attached hydrogens (tertiary/aromatic N) is 5. The van der Waals surface area contributed by atoms with Crippen LogP contribution in [0.4, 0.5) is 4.79 Å². The first kappa shape index (κ1) is 18.6. The molecule has 142 valence electrons. The van der Waals surface area contributed by atoms with Gasteiger partial charge in [0, 0.05) is 31.5 Å². The SMILES string of the molecule is CCN(Cc1nccn1C)C(=O)NC(C)c1nc(-c2cccc(C)c2)no1. The van der Waals surface area contributed by atoms with Crippen molar-refractivity contribution < 1.29 is 9.32 Å². The first-order chi connectivity index (χ1) is 13.0. The summed E-state index contributed by atoms with van der Waals surface area (Å²) < 4.78 is 7.24. The second kappa shape index (κ2) is 8.03. The third-order valence-electron chi connectivity index (χ3n) is 4.35. The Bertz CT molecular complexity index is 916. The standard InChI is InChI=1S/C19H24N6O2/c1-5-25(12-16-20-9-10-24(16)4)19(26)21-14(3)18-22-17(23-27-18)15-8-6-7-13(2)11-15/h6-11,14H,5,12H2,1-4H3,(H,21,26). The van der Waals surface area contributed by atoms with E-state index < -0.39 is 6.04 Å². The Hall–Kier alpha value is -3.16. The fourth-order valence-electron chi connectivity index (χ4n) is 2.70. The Labute approximate surface area is 158 Å². The van der Waals surface area contributed by atoms with Gasteiger partial charge >= 0.3 is 6.03 Å². The molecule has 0 saturated heterocycles. The van der Waals surface area contributed by atoms with Crippen molar-refractivity contribution in [3.63, 3.8) is 0 Å². The van der Waals surface area contributed by atoms with E-state index in [0.717, 1.165) is 17.0 Å². The third-order valence-corrected chi connectivity index (χ3v) is 4.35. The first-order valence-corrected chi connectivity index (χ1v) is 8.90. The molecule has 1 aromatic carbocycles. The largest absolute Gasteiger partial charge is 0.337 e. The van der Waals surface area contributed by atoms with Gasteiger partial charge in [-0.2, -0.15) is 4.98 Å². The first-order valence-electron chi connectivity index (χ1n) is 8.90. The van der Waals surface area contributed by atoms with Gasteiger partial charge in [-0.25, -0.2) is 9.78 Å². The summed E-state index contributed by atoms with van der Waals surface area (Å²) in [6.45, 7) is 6.74. The minimum absolute atomic E-state index is 0.205. The molecule has 0 aliphatic heterocycles. The van der Waals surface area contributed by atoms with Crippen LogP contribution in [0.5, 0.6) is 0 Å². The Morgan fingerprint density at radius 3 is 2.89 bits per heavy atom. The van der Waals surface area contributed by atoms with Crippen molar-refractivity contribution in [3.05, 3.63) is 53.9 Å². The number of benzene rings is 1. The van der Waals surface area contributed by atoms with Gasteiger partial charge < -0.3 is 19.3 Å². The number of urea groups is 1. The van der Waals surface area contributed by atoms with E-state index in [-0.39, 0.29) is 6.03 Å². The van der Waals surface area contributed by atoms with Gasteiger partial charge in [-0.1, -0.05) is 28.9 Å². The average molecular weight is 368 g/mol. The maximum Gasteiger partial charge on any atom is 0.318 e. The Kier molecular flexibility index (Phi) is 5.54. The molecule has 3 rings (SSSR count). The van der Waals surface area contributed by atoms with Gasteiger partial charge in [0.05, 0.1) is 6.54 Å². The van der Waals surface area contributed by atoms with E-state index in [2.05, 4.69) is 20.4 Å². The monoisotopic (exact) mass is 368 g/mol. The van der Waals surface area contributed by atoms with Crippen LogP contribution in [0, 0.1) is 6.92 Å². The predicted molar refractivity (Wildman–Crippen MR) is 101 cm³/mol. The quantitative estimate of drug-likeness (QED) is 0.722. The van der Waals surface area contributed by atoms with Crippen molar-refractivity contribution in [2.75, 3.05) is 6.54 Å². The Morgan fingerprint density at radius 1 is 1.41 bits per heavy atom. The van der Waals surface area contributed by atoms with Crippen molar-refractivity contribution in [1.29, 1.82) is 0 Å². The molecule has 0 radical (unpaired) electrons. The van der Waals surface area contributed by atoms with E-state index in [1.165, 1.54) is 0 Å². The van der Waals surface area contributed by atoms with Crippen LogP contribution in [0.15, 0.2) is 41.2 Å². The van der Waals surface area contributed by atoms with E-state index in [1.54, 1.807) is 11.1 Å². The molecule has 1 N–H and O–H groups in total. The lowest BCUT2D eigenvalue weighted by Gasteiger charge is -2.22. The number of hydrogen-bond acceptors (Lipinski definition) is 5. The zero-order chi connectivity index (χ0) is 19.4. The number of rotatable bonds is 6. The smallest absolute Gasteiger partial charge is 0.318 e. The maximum absolute atomic E-state index is 12.6. The minimum Gasteiger partial charge on any atom is -0.337 e. The van der Waals surface area contributed by atoms with Crippen molar-refractivity contribution in [2.45, 2.75) is 33.4 Å². The molecule has 8 nitrogen and oxygen atoms in total. The number of aryl methyl sites for hydroxylation is 2. The summed E-state index contributed by atoms with van der Waals surface area (Å²) >= 11 is 0. The molecule has 0 aliphatic rings. The molecule has 3 aromatic rings. The number of nitrogens with one attached hydrogen (secondary N) is 1. The van der Waals surface area contributed by atoms with Gasteiger partial charge in [0.25, 0.3) is 0 Å². The fourth-order valence-corrected chi connectivity index (χ4v) is 2.70. The van der Waals surface area contributed by atoms with Crippen LogP contribution < -0.4 is 5.32 Å². The van der Waals surface area contributed by atoms with Gasteiger partial charge in [0.2, 0.25) is 11.7 Å². The van der Waals surface area contributed by atoms with Crippen LogP contribution in [0.1, 0.15) is 37.2 Å². The molecule has 0 bridgehead atoms. The van der Waals surface area contributed by atoms with E-state index >= 15 is 0 Å². The van der Waals surface area contributed by atoms with Crippen LogP contribution in [-0.4, -0.2) is 37.2 Å². The minimum atomic E-state index is -0.404. The summed E-state index contributed by atoms with van der Waals surface area (Å²) in [7, 11) is 1.90. The Morgan fingerprint density at radius 2 is 2.22 bits per heavy atom. The van der Waals surface area contributed by atoms with Crippen molar-refractivity contribution in [3.8, 4) is 11.4 Å². The van der Waals surface area contributed by atoms with Crippen LogP contribution in [-0.2, 0) is 13.6 Å². The third kappa shape index (κ3) is 4.33. The second-order valence-corrected chi connectivity index (χ2v) is 6.47. The molecule has 1 atom stereocenters. The Balaban J connectivity index is 1.66.